The minimum absolute atomic E-state index is 0.109. The van der Waals surface area contributed by atoms with Crippen LogP contribution in [0.25, 0.3) is 55.6 Å². The van der Waals surface area contributed by atoms with E-state index in [0.29, 0.717) is 5.56 Å². The molecule has 0 aliphatic rings. The van der Waals surface area contributed by atoms with Crippen LogP contribution >= 0.6 is 31.9 Å². The minimum atomic E-state index is -1.78. The molecule has 0 aliphatic heterocycles. The first-order valence-corrected chi connectivity index (χ1v) is 35.9. The number of benzene rings is 12. The minimum Gasteiger partial charge on any atom is -0.423 e. The number of rotatable bonds is 12. The van der Waals surface area contributed by atoms with E-state index in [1.807, 2.05) is 100 Å². The van der Waals surface area contributed by atoms with E-state index in [4.69, 9.17) is 30.1 Å². The van der Waals surface area contributed by atoms with Crippen molar-refractivity contribution in [3.05, 3.63) is 347 Å². The Balaban J connectivity index is 0.000000195. The van der Waals surface area contributed by atoms with E-state index in [0.717, 1.165) is 89.1 Å². The average molecular weight is 1530 g/mol. The van der Waals surface area contributed by atoms with Gasteiger partial charge >= 0.3 is 21.4 Å². The lowest BCUT2D eigenvalue weighted by molar-refractivity contribution is 0.421. The highest BCUT2D eigenvalue weighted by Gasteiger charge is 2.19. The highest BCUT2D eigenvalue weighted by Crippen LogP contribution is 2.31. The average Bonchev–Trinajstić information content (AvgIpc) is 0.829. The predicted octanol–water partition coefficient (Wildman–Crippen LogP) is 20.4. The van der Waals surface area contributed by atoms with Crippen LogP contribution in [0.5, 0.6) is 0 Å². The van der Waals surface area contributed by atoms with E-state index in [9.17, 15) is 22.0 Å². The van der Waals surface area contributed by atoms with Gasteiger partial charge in [-0.3, -0.25) is 0 Å². The SMILES string of the molecule is CCCc1ccc(-c2ccc(-c3ccc(C)c(C)c3)cc2F)cc1.CCCc1ccc(Br)cc1.Cc1ccc(-c2ccc(B(O)O)c(F)c2)cc1C.Cc1ccc(-c2ccc(B(O)O)c(F)c2)cc1C.Cc1ccc(-c2cccc(F)c2)cc1C.Cc1ccc(Br)cc1C.OB(O)c1cccc(F)c1. The van der Waals surface area contributed by atoms with Gasteiger partial charge in [0, 0.05) is 25.4 Å². The molecule has 12 aromatic rings. The lowest BCUT2D eigenvalue weighted by Crippen LogP contribution is -2.32. The molecule has 16 heteroatoms. The summed E-state index contributed by atoms with van der Waals surface area (Å²) in [7, 11) is -5.15. The third kappa shape index (κ3) is 26.4. The largest absolute Gasteiger partial charge is 0.491 e. The summed E-state index contributed by atoms with van der Waals surface area (Å²) < 4.78 is 69.6. The lowest BCUT2D eigenvalue weighted by Gasteiger charge is -2.09. The molecule has 0 bridgehead atoms. The highest BCUT2D eigenvalue weighted by atomic mass is 79.9. The first-order valence-electron chi connectivity index (χ1n) is 34.3. The van der Waals surface area contributed by atoms with Crippen molar-refractivity contribution in [1.82, 2.24) is 0 Å². The van der Waals surface area contributed by atoms with Gasteiger partial charge in [-0.1, -0.05) is 234 Å². The van der Waals surface area contributed by atoms with Crippen LogP contribution in [0.1, 0.15) is 93.5 Å². The van der Waals surface area contributed by atoms with Crippen LogP contribution in [-0.4, -0.2) is 51.5 Å². The molecular weight excluding hydrogens is 1440 g/mol. The zero-order chi connectivity index (χ0) is 76.3. The highest BCUT2D eigenvalue weighted by molar-refractivity contribution is 9.10. The second kappa shape index (κ2) is 41.6. The van der Waals surface area contributed by atoms with E-state index >= 15 is 0 Å². The molecule has 104 heavy (non-hydrogen) atoms. The van der Waals surface area contributed by atoms with Crippen LogP contribution in [0, 0.1) is 98.3 Å². The fourth-order valence-electron chi connectivity index (χ4n) is 10.6. The topological polar surface area (TPSA) is 121 Å². The van der Waals surface area contributed by atoms with Gasteiger partial charge in [0.05, 0.1) is 0 Å². The van der Waals surface area contributed by atoms with E-state index in [1.165, 1.54) is 117 Å². The molecule has 12 aromatic carbocycles. The predicted molar refractivity (Wildman–Crippen MR) is 432 cm³/mol. The van der Waals surface area contributed by atoms with Crippen molar-refractivity contribution in [3.63, 3.8) is 0 Å². The fraction of sp³-hybridized carbons (Fsp3) is 0.182. The Morgan fingerprint density at radius 1 is 0.269 bits per heavy atom. The molecule has 0 aromatic heterocycles. The van der Waals surface area contributed by atoms with E-state index < -0.39 is 38.8 Å². The lowest BCUT2D eigenvalue weighted by atomic mass is 9.79. The Labute approximate surface area is 629 Å². The van der Waals surface area contributed by atoms with Crippen molar-refractivity contribution in [2.75, 3.05) is 0 Å². The van der Waals surface area contributed by atoms with Crippen molar-refractivity contribution >= 4 is 69.6 Å². The zero-order valence-electron chi connectivity index (χ0n) is 61.0. The van der Waals surface area contributed by atoms with Crippen LogP contribution in [0.2, 0.25) is 0 Å². The molecule has 0 saturated carbocycles. The molecule has 0 radical (unpaired) electrons. The van der Waals surface area contributed by atoms with Crippen LogP contribution in [0.4, 0.5) is 22.0 Å². The Morgan fingerprint density at radius 2 is 0.577 bits per heavy atom. The Kier molecular flexibility index (Phi) is 33.7. The quantitative estimate of drug-likeness (QED) is 0.0535. The molecule has 0 spiro atoms. The summed E-state index contributed by atoms with van der Waals surface area (Å²) >= 11 is 6.79. The molecule has 0 fully saturated rings. The summed E-state index contributed by atoms with van der Waals surface area (Å²) in [5.41, 5.74) is 23.8. The second-order valence-corrected chi connectivity index (χ2v) is 27.4. The molecule has 0 saturated heterocycles. The van der Waals surface area contributed by atoms with Gasteiger partial charge in [-0.25, -0.2) is 22.0 Å². The smallest absolute Gasteiger partial charge is 0.423 e. The molecule has 6 N–H and O–H groups in total. The molecule has 12 rings (SSSR count). The molecule has 6 nitrogen and oxygen atoms in total. The van der Waals surface area contributed by atoms with Gasteiger partial charge < -0.3 is 30.1 Å². The van der Waals surface area contributed by atoms with E-state index in [-0.39, 0.29) is 28.0 Å². The van der Waals surface area contributed by atoms with Gasteiger partial charge in [-0.05, 0) is 271 Å². The first-order chi connectivity index (χ1) is 49.4. The van der Waals surface area contributed by atoms with Crippen LogP contribution < -0.4 is 16.4 Å². The van der Waals surface area contributed by atoms with Crippen molar-refractivity contribution in [3.8, 4) is 55.6 Å². The molecule has 0 aliphatic carbocycles. The molecule has 0 heterocycles. The van der Waals surface area contributed by atoms with Gasteiger partial charge in [0.1, 0.15) is 29.1 Å². The Morgan fingerprint density at radius 3 is 0.894 bits per heavy atom. The van der Waals surface area contributed by atoms with Gasteiger partial charge in [0.15, 0.2) is 0 Å². The van der Waals surface area contributed by atoms with Gasteiger partial charge in [0.25, 0.3) is 0 Å². The van der Waals surface area contributed by atoms with Crippen LogP contribution in [-0.2, 0) is 12.8 Å². The van der Waals surface area contributed by atoms with Crippen LogP contribution in [0.15, 0.2) is 252 Å². The van der Waals surface area contributed by atoms with Crippen molar-refractivity contribution in [1.29, 1.82) is 0 Å². The number of halogens is 7. The van der Waals surface area contributed by atoms with Gasteiger partial charge in [-0.15, -0.1) is 0 Å². The van der Waals surface area contributed by atoms with E-state index in [1.54, 1.807) is 30.3 Å². The van der Waals surface area contributed by atoms with Crippen LogP contribution in [0.3, 0.4) is 0 Å². The summed E-state index contributed by atoms with van der Waals surface area (Å²) in [6, 6.07) is 73.4. The number of hydrogen-bond acceptors (Lipinski definition) is 6. The Bertz CT molecular complexity index is 4640. The van der Waals surface area contributed by atoms with Gasteiger partial charge in [0.2, 0.25) is 0 Å². The second-order valence-electron chi connectivity index (χ2n) is 25.6. The van der Waals surface area contributed by atoms with Gasteiger partial charge in [-0.2, -0.15) is 0 Å². The summed E-state index contributed by atoms with van der Waals surface area (Å²) in [5.74, 6) is -2.05. The van der Waals surface area contributed by atoms with Crippen molar-refractivity contribution in [2.24, 2.45) is 0 Å². The standard InChI is InChI=1S/C23H23F.2C14H14BFO2.C14H13F.C9H11Br.C8H9Br.C6H6BFO2/c1-4-5-18-7-10-19(11-8-18)22-13-12-21(15-23(22)24)20-9-6-16(2)17(3)14-20;2*1-9-3-4-11(7-10(9)2)12-5-6-13(15(17)18)14(16)8-12;1-10-6-7-13(8-11(10)2)12-4-3-5-14(15)9-12;1-2-3-8-4-6-9(10)7-5-8;1-6-3-4-8(9)5-7(6)2;8-6-3-1-2-5(4-6)7(9)10/h6-15H,4-5H2,1-3H3;2*3-8,17-18H,1-2H3;3-9H,1-2H3;4-7H,2-3H2,1H3;3-5H,1-2H3;1-4,9-10H. The first kappa shape index (κ1) is 84.1. The third-order valence-corrected chi connectivity index (χ3v) is 18.6. The summed E-state index contributed by atoms with van der Waals surface area (Å²) in [6.07, 6.45) is 4.60. The monoisotopic (exact) mass is 1530 g/mol. The maximum atomic E-state index is 14.6. The number of aryl methyl sites for hydroxylation is 12. The molecule has 536 valence electrons. The molecular formula is C88H90B3Br2F5O6. The fourth-order valence-corrected chi connectivity index (χ4v) is 11.3. The molecule has 0 amide bonds. The third-order valence-electron chi connectivity index (χ3n) is 17.6. The number of hydrogen-bond donors (Lipinski definition) is 6. The summed E-state index contributed by atoms with van der Waals surface area (Å²) in [5, 5.41) is 52.9. The summed E-state index contributed by atoms with van der Waals surface area (Å²) in [4.78, 5) is 0. The van der Waals surface area contributed by atoms with Crippen molar-refractivity contribution < 1.29 is 52.1 Å². The molecule has 0 atom stereocenters. The molecule has 0 unspecified atom stereocenters. The van der Waals surface area contributed by atoms with Crippen molar-refractivity contribution in [2.45, 2.75) is 109 Å². The van der Waals surface area contributed by atoms with E-state index in [2.05, 4.69) is 172 Å². The Hall–Kier alpha value is -8.80. The zero-order valence-corrected chi connectivity index (χ0v) is 64.2. The summed E-state index contributed by atoms with van der Waals surface area (Å²) in [6.45, 7) is 24.9. The maximum Gasteiger partial charge on any atom is 0.491 e. The normalized spacial score (nSPS) is 10.3. The maximum absolute atomic E-state index is 14.6.